The van der Waals surface area contributed by atoms with Gasteiger partial charge < -0.3 is 9.26 Å². The number of sulfonamides is 1. The lowest BCUT2D eigenvalue weighted by Gasteiger charge is -2.37. The largest absolute Gasteiger partial charge is 0.479 e. The minimum atomic E-state index is -3.74. The number of benzene rings is 2. The van der Waals surface area contributed by atoms with Gasteiger partial charge in [0.15, 0.2) is 0 Å². The first kappa shape index (κ1) is 23.4. The summed E-state index contributed by atoms with van der Waals surface area (Å²) in [5.41, 5.74) is 0.908. The lowest BCUT2D eigenvalue weighted by Crippen LogP contribution is -2.44. The summed E-state index contributed by atoms with van der Waals surface area (Å²) in [6, 6.07) is 12.5. The van der Waals surface area contributed by atoms with E-state index in [0.717, 1.165) is 12.1 Å². The van der Waals surface area contributed by atoms with Gasteiger partial charge in [-0.25, -0.2) is 17.2 Å². The molecule has 0 bridgehead atoms. The van der Waals surface area contributed by atoms with Gasteiger partial charge in [0.1, 0.15) is 22.6 Å². The van der Waals surface area contributed by atoms with Crippen LogP contribution in [0.3, 0.4) is 0 Å². The molecule has 1 fully saturated rings. The zero-order valence-corrected chi connectivity index (χ0v) is 19.3. The molecule has 0 radical (unpaired) electrons. The van der Waals surface area contributed by atoms with E-state index in [2.05, 4.69) is 5.16 Å². The van der Waals surface area contributed by atoms with E-state index in [4.69, 9.17) is 9.26 Å². The summed E-state index contributed by atoms with van der Waals surface area (Å²) >= 11 is 0. The first-order valence-corrected chi connectivity index (χ1v) is 12.3. The Balaban J connectivity index is 1.53. The monoisotopic (exact) mass is 476 g/mol. The van der Waals surface area contributed by atoms with Crippen LogP contribution >= 0.6 is 0 Å². The Kier molecular flexibility index (Phi) is 6.81. The van der Waals surface area contributed by atoms with Crippen molar-refractivity contribution in [1.82, 2.24) is 9.46 Å². The number of rotatable bonds is 7. The highest BCUT2D eigenvalue weighted by Crippen LogP contribution is 2.38. The van der Waals surface area contributed by atoms with Gasteiger partial charge in [0, 0.05) is 30.6 Å². The normalized spacial score (nSPS) is 20.6. The van der Waals surface area contributed by atoms with Crippen molar-refractivity contribution in [3.8, 4) is 5.88 Å². The summed E-state index contributed by atoms with van der Waals surface area (Å²) in [4.78, 5) is 0. The van der Waals surface area contributed by atoms with Crippen LogP contribution < -0.4 is 4.74 Å². The predicted molar refractivity (Wildman–Crippen MR) is 119 cm³/mol. The van der Waals surface area contributed by atoms with Gasteiger partial charge in [0.05, 0.1) is 7.11 Å². The predicted octanol–water partition coefficient (Wildman–Crippen LogP) is 4.80. The van der Waals surface area contributed by atoms with E-state index in [9.17, 15) is 17.2 Å². The molecule has 1 aliphatic rings. The fraction of sp³-hybridized carbons (Fsp3) is 0.375. The Morgan fingerprint density at radius 2 is 1.76 bits per heavy atom. The van der Waals surface area contributed by atoms with E-state index in [1.54, 1.807) is 37.3 Å². The molecule has 9 heteroatoms. The van der Waals surface area contributed by atoms with Gasteiger partial charge >= 0.3 is 0 Å². The number of hydrogen-bond donors (Lipinski definition) is 0. The number of aryl methyl sites for hydroxylation is 2. The van der Waals surface area contributed by atoms with Crippen LogP contribution in [0.4, 0.5) is 8.78 Å². The molecule has 0 aliphatic carbocycles. The SMILES string of the molecule is COc1cc(CCc2cc(F)c(CN3[C@@H](C)CC[C@H](c4ccccc4)S3(=O)=O)cc2F)on1. The van der Waals surface area contributed by atoms with Crippen LogP contribution in [0.1, 0.15) is 47.5 Å². The van der Waals surface area contributed by atoms with Crippen molar-refractivity contribution >= 4 is 10.0 Å². The molecule has 0 saturated carbocycles. The summed E-state index contributed by atoms with van der Waals surface area (Å²) in [7, 11) is -2.28. The second-order valence-electron chi connectivity index (χ2n) is 8.29. The van der Waals surface area contributed by atoms with E-state index in [1.807, 2.05) is 6.07 Å². The van der Waals surface area contributed by atoms with Crippen LogP contribution in [0.15, 0.2) is 53.1 Å². The standard InChI is InChI=1S/C24H26F2N2O4S/c1-16-8-11-23(17-6-4-3-5-7-17)33(29,30)28(16)15-19-13-21(25)18(12-22(19)26)9-10-20-14-24(31-2)27-32-20/h3-7,12-14,16,23H,8-11,15H2,1-2H3/t16-,23+/m0/s1. The summed E-state index contributed by atoms with van der Waals surface area (Å²) in [6.45, 7) is 1.59. The van der Waals surface area contributed by atoms with Crippen molar-refractivity contribution in [2.75, 3.05) is 7.11 Å². The number of ether oxygens (including phenoxy) is 1. The second-order valence-corrected chi connectivity index (χ2v) is 10.4. The molecular weight excluding hydrogens is 450 g/mol. The minimum absolute atomic E-state index is 0.0155. The quantitative estimate of drug-likeness (QED) is 0.490. The minimum Gasteiger partial charge on any atom is -0.479 e. The highest BCUT2D eigenvalue weighted by Gasteiger charge is 2.40. The van der Waals surface area contributed by atoms with E-state index >= 15 is 0 Å². The molecule has 0 N–H and O–H groups in total. The van der Waals surface area contributed by atoms with Gasteiger partial charge in [-0.1, -0.05) is 30.3 Å². The molecule has 0 spiro atoms. The topological polar surface area (TPSA) is 72.6 Å². The van der Waals surface area contributed by atoms with Gasteiger partial charge in [-0.05, 0) is 54.6 Å². The van der Waals surface area contributed by atoms with Crippen molar-refractivity contribution < 1.29 is 26.5 Å². The lowest BCUT2D eigenvalue weighted by atomic mass is 10.0. The maximum atomic E-state index is 14.9. The maximum Gasteiger partial charge on any atom is 0.254 e. The van der Waals surface area contributed by atoms with Crippen molar-refractivity contribution in [3.05, 3.63) is 82.6 Å². The Morgan fingerprint density at radius 1 is 1.06 bits per heavy atom. The fourth-order valence-corrected chi connectivity index (χ4v) is 6.42. The number of methoxy groups -OCH3 is 1. The molecule has 0 unspecified atom stereocenters. The second kappa shape index (κ2) is 9.61. The van der Waals surface area contributed by atoms with Crippen LogP contribution in [0.5, 0.6) is 5.88 Å². The van der Waals surface area contributed by atoms with Crippen LogP contribution in [0.25, 0.3) is 0 Å². The van der Waals surface area contributed by atoms with E-state index in [1.165, 1.54) is 11.4 Å². The number of hydrogen-bond acceptors (Lipinski definition) is 5. The van der Waals surface area contributed by atoms with Gasteiger partial charge in [-0.2, -0.15) is 4.31 Å². The third-order valence-electron chi connectivity index (χ3n) is 6.12. The lowest BCUT2D eigenvalue weighted by molar-refractivity contribution is 0.278. The summed E-state index contributed by atoms with van der Waals surface area (Å²) < 4.78 is 67.8. The highest BCUT2D eigenvalue weighted by atomic mass is 32.2. The smallest absolute Gasteiger partial charge is 0.254 e. The van der Waals surface area contributed by atoms with Crippen LogP contribution in [-0.2, 0) is 29.4 Å². The zero-order chi connectivity index (χ0) is 23.6. The molecule has 176 valence electrons. The van der Waals surface area contributed by atoms with E-state index in [-0.39, 0.29) is 30.1 Å². The summed E-state index contributed by atoms with van der Waals surface area (Å²) in [5, 5.41) is 2.99. The molecule has 0 amide bonds. The number of aromatic nitrogens is 1. The molecule has 1 saturated heterocycles. The third-order valence-corrected chi connectivity index (χ3v) is 8.49. The number of nitrogens with zero attached hydrogens (tertiary/aromatic N) is 2. The highest BCUT2D eigenvalue weighted by molar-refractivity contribution is 7.89. The van der Waals surface area contributed by atoms with Crippen LogP contribution in [0.2, 0.25) is 0 Å². The van der Waals surface area contributed by atoms with Gasteiger partial charge in [-0.15, -0.1) is 0 Å². The van der Waals surface area contributed by atoms with Gasteiger partial charge in [0.2, 0.25) is 10.0 Å². The molecule has 3 aromatic rings. The van der Waals surface area contributed by atoms with Crippen molar-refractivity contribution in [1.29, 1.82) is 0 Å². The van der Waals surface area contributed by atoms with Crippen LogP contribution in [-0.4, -0.2) is 31.0 Å². The van der Waals surface area contributed by atoms with E-state index < -0.39 is 26.9 Å². The summed E-state index contributed by atoms with van der Waals surface area (Å²) in [5.74, 6) is -0.404. The zero-order valence-electron chi connectivity index (χ0n) is 18.5. The Labute approximate surface area is 192 Å². The molecule has 33 heavy (non-hydrogen) atoms. The fourth-order valence-electron chi connectivity index (χ4n) is 4.23. The van der Waals surface area contributed by atoms with Gasteiger partial charge in [0.25, 0.3) is 5.88 Å². The average molecular weight is 477 g/mol. The molecule has 1 aromatic heterocycles. The van der Waals surface area contributed by atoms with Crippen molar-refractivity contribution in [2.24, 2.45) is 0 Å². The first-order chi connectivity index (χ1) is 15.8. The van der Waals surface area contributed by atoms with E-state index in [0.29, 0.717) is 36.5 Å². The Morgan fingerprint density at radius 3 is 2.45 bits per heavy atom. The van der Waals surface area contributed by atoms with Gasteiger partial charge in [-0.3, -0.25) is 0 Å². The number of halogens is 2. The Bertz CT molecular complexity index is 1210. The third kappa shape index (κ3) is 4.94. The Hall–Kier alpha value is -2.78. The van der Waals surface area contributed by atoms with Crippen LogP contribution in [0, 0.1) is 11.6 Å². The summed E-state index contributed by atoms with van der Waals surface area (Å²) in [6.07, 6.45) is 1.66. The van der Waals surface area contributed by atoms with Crippen molar-refractivity contribution in [3.63, 3.8) is 0 Å². The van der Waals surface area contributed by atoms with Crippen molar-refractivity contribution in [2.45, 2.75) is 50.4 Å². The first-order valence-electron chi connectivity index (χ1n) is 10.8. The average Bonchev–Trinajstić information content (AvgIpc) is 3.26. The molecule has 1 aliphatic heterocycles. The maximum absolute atomic E-state index is 14.9. The molecule has 2 heterocycles. The molecule has 2 atom stereocenters. The molecule has 4 rings (SSSR count). The molecule has 2 aromatic carbocycles. The molecule has 6 nitrogen and oxygen atoms in total. The molecular formula is C24H26F2N2O4S.